The lowest BCUT2D eigenvalue weighted by Gasteiger charge is -2.21. The van der Waals surface area contributed by atoms with Crippen molar-refractivity contribution in [2.24, 2.45) is 5.16 Å². The van der Waals surface area contributed by atoms with Crippen LogP contribution < -0.4 is 0 Å². The van der Waals surface area contributed by atoms with Crippen molar-refractivity contribution in [2.45, 2.75) is 32.8 Å². The first-order valence-corrected chi connectivity index (χ1v) is 6.11. The topological polar surface area (TPSA) is 74.7 Å². The molecule has 0 aliphatic carbocycles. The molecule has 1 atom stereocenters. The van der Waals surface area contributed by atoms with Gasteiger partial charge in [-0.1, -0.05) is 30.8 Å². The summed E-state index contributed by atoms with van der Waals surface area (Å²) in [6.07, 6.45) is 2.46. The third-order valence-corrected chi connectivity index (χ3v) is 3.46. The van der Waals surface area contributed by atoms with Crippen molar-refractivity contribution < 1.29 is 14.7 Å². The lowest BCUT2D eigenvalue weighted by atomic mass is 9.90. The first-order chi connectivity index (χ1) is 9.11. The summed E-state index contributed by atoms with van der Waals surface area (Å²) >= 11 is 0. The molecule has 114 valence electrons. The van der Waals surface area contributed by atoms with Crippen molar-refractivity contribution in [3.05, 3.63) is 36.0 Å². The summed E-state index contributed by atoms with van der Waals surface area (Å²) in [7, 11) is 0. The van der Waals surface area contributed by atoms with Crippen LogP contribution in [0.2, 0.25) is 0 Å². The number of benzene rings is 1. The van der Waals surface area contributed by atoms with Crippen LogP contribution in [0.15, 0.2) is 35.6 Å². The molecule has 1 aliphatic rings. The molecule has 1 aromatic carbocycles. The molecule has 3 rings (SSSR count). The summed E-state index contributed by atoms with van der Waals surface area (Å²) < 4.78 is 0. The van der Waals surface area contributed by atoms with E-state index in [4.69, 9.17) is 4.84 Å². The zero-order valence-corrected chi connectivity index (χ0v) is 12.0. The Bertz CT molecular complexity index is 680. The second-order valence-corrected chi connectivity index (χ2v) is 4.93. The number of aromatic nitrogens is 1. The van der Waals surface area contributed by atoms with E-state index in [0.29, 0.717) is 18.6 Å². The van der Waals surface area contributed by atoms with E-state index in [9.17, 15) is 9.90 Å². The van der Waals surface area contributed by atoms with E-state index >= 15 is 0 Å². The van der Waals surface area contributed by atoms with Crippen molar-refractivity contribution in [1.29, 1.82) is 0 Å². The van der Waals surface area contributed by atoms with Crippen LogP contribution in [0.5, 0.6) is 0 Å². The van der Waals surface area contributed by atoms with Crippen molar-refractivity contribution in [3.63, 3.8) is 0 Å². The van der Waals surface area contributed by atoms with Gasteiger partial charge in [-0.3, -0.25) is 0 Å². The zero-order chi connectivity index (χ0) is 13.5. The number of aromatic amines is 1. The summed E-state index contributed by atoms with van der Waals surface area (Å²) in [6, 6.07) is 7.81. The molecule has 2 heterocycles. The van der Waals surface area contributed by atoms with Crippen molar-refractivity contribution in [2.75, 3.05) is 0 Å². The number of aliphatic carboxylic acids is 1. The van der Waals surface area contributed by atoms with Crippen LogP contribution in [0.4, 0.5) is 0 Å². The van der Waals surface area contributed by atoms with Gasteiger partial charge in [0.05, 0.1) is 5.71 Å². The van der Waals surface area contributed by atoms with Gasteiger partial charge in [0, 0.05) is 29.9 Å². The van der Waals surface area contributed by atoms with Crippen molar-refractivity contribution >= 4 is 36.1 Å². The third-order valence-electron chi connectivity index (χ3n) is 3.46. The zero-order valence-electron chi connectivity index (χ0n) is 11.0. The normalized spacial score (nSPS) is 20.1. The van der Waals surface area contributed by atoms with Crippen molar-refractivity contribution in [1.82, 2.24) is 4.98 Å². The summed E-state index contributed by atoms with van der Waals surface area (Å²) in [5.41, 5.74) is 1.37. The van der Waals surface area contributed by atoms with E-state index in [1.165, 1.54) is 0 Å². The van der Waals surface area contributed by atoms with Gasteiger partial charge in [0.25, 0.3) is 0 Å². The quantitative estimate of drug-likeness (QED) is 0.915. The Hall–Kier alpha value is -1.95. The van der Waals surface area contributed by atoms with E-state index in [2.05, 4.69) is 10.1 Å². The molecule has 0 saturated heterocycles. The Morgan fingerprint density at radius 3 is 2.81 bits per heavy atom. The lowest BCUT2D eigenvalue weighted by molar-refractivity contribution is -0.162. The van der Waals surface area contributed by atoms with Gasteiger partial charge in [-0.25, -0.2) is 4.79 Å². The fraction of sp³-hybridized carbons (Fsp3) is 0.333. The van der Waals surface area contributed by atoms with Gasteiger partial charge in [-0.2, -0.15) is 13.5 Å². The van der Waals surface area contributed by atoms with Gasteiger partial charge >= 0.3 is 5.97 Å². The lowest BCUT2D eigenvalue weighted by Crippen LogP contribution is -2.41. The molecule has 0 unspecified atom stereocenters. The molecule has 1 aliphatic heterocycles. The van der Waals surface area contributed by atoms with Gasteiger partial charge in [0.15, 0.2) is 0 Å². The van der Waals surface area contributed by atoms with Gasteiger partial charge in [-0.05, 0) is 18.6 Å². The number of carbonyl (C=O) groups is 1. The molecular formula is C15H20N2O3S. The minimum atomic E-state index is -1.27. The molecule has 21 heavy (non-hydrogen) atoms. The Kier molecular flexibility index (Phi) is 5.06. The van der Waals surface area contributed by atoms with Gasteiger partial charge < -0.3 is 14.9 Å². The number of H-pyrrole nitrogens is 1. The largest absolute Gasteiger partial charge is 0.478 e. The maximum Gasteiger partial charge on any atom is 0.351 e. The highest BCUT2D eigenvalue weighted by Gasteiger charge is 2.46. The minimum Gasteiger partial charge on any atom is -0.478 e. The maximum absolute atomic E-state index is 11.5. The highest BCUT2D eigenvalue weighted by atomic mass is 32.1. The molecule has 0 spiro atoms. The highest BCUT2D eigenvalue weighted by Crippen LogP contribution is 2.31. The molecule has 5 nitrogen and oxygen atoms in total. The standard InChI is InChI=1S/C14H14N2O3.CH4.H2S/c1-9-6-14(13(17)18,19-16-9)7-10-8-15-12-5-3-2-4-11(10)12;;/h2-5,8,15H,6-7H2,1H3,(H,17,18);1H4;1H2/t14-;;/m1../s1. The number of hydrogen-bond acceptors (Lipinski definition) is 3. The molecule has 6 heteroatoms. The molecule has 0 radical (unpaired) electrons. The van der Waals surface area contributed by atoms with Crippen LogP contribution in [-0.2, 0) is 16.1 Å². The average molecular weight is 308 g/mol. The smallest absolute Gasteiger partial charge is 0.351 e. The minimum absolute atomic E-state index is 0. The molecular weight excluding hydrogens is 288 g/mol. The summed E-state index contributed by atoms with van der Waals surface area (Å²) in [5, 5.41) is 14.3. The molecule has 2 N–H and O–H groups in total. The number of carboxylic acid groups (broad SMARTS) is 1. The van der Waals surface area contributed by atoms with E-state index in [1.807, 2.05) is 30.5 Å². The van der Waals surface area contributed by atoms with E-state index < -0.39 is 11.6 Å². The highest BCUT2D eigenvalue weighted by molar-refractivity contribution is 7.59. The SMILES string of the molecule is C.CC1=NO[C@](Cc2c[nH]c3ccccc23)(C(=O)O)C1.S. The Labute approximate surface area is 130 Å². The predicted molar refractivity (Wildman–Crippen MR) is 88.3 cm³/mol. The summed E-state index contributed by atoms with van der Waals surface area (Å²) in [5.74, 6) is -0.974. The number of nitrogens with one attached hydrogen (secondary N) is 1. The fourth-order valence-electron chi connectivity index (χ4n) is 2.51. The number of rotatable bonds is 3. The molecule has 2 aromatic rings. The molecule has 0 fully saturated rings. The number of oxime groups is 1. The monoisotopic (exact) mass is 308 g/mol. The predicted octanol–water partition coefficient (Wildman–Crippen LogP) is 3.08. The summed E-state index contributed by atoms with van der Waals surface area (Å²) in [6.45, 7) is 1.78. The van der Waals surface area contributed by atoms with Crippen molar-refractivity contribution in [3.8, 4) is 0 Å². The molecule has 0 saturated carbocycles. The van der Waals surface area contributed by atoms with Crippen LogP contribution >= 0.6 is 13.5 Å². The first kappa shape index (κ1) is 17.1. The van der Waals surface area contributed by atoms with Crippen LogP contribution in [0.3, 0.4) is 0 Å². The first-order valence-electron chi connectivity index (χ1n) is 6.11. The van der Waals surface area contributed by atoms with Gasteiger partial charge in [0.1, 0.15) is 0 Å². The van der Waals surface area contributed by atoms with Gasteiger partial charge in [0.2, 0.25) is 5.60 Å². The number of carboxylic acids is 1. The third kappa shape index (κ3) is 2.90. The van der Waals surface area contributed by atoms with E-state index in [1.54, 1.807) is 6.92 Å². The average Bonchev–Trinajstić information content (AvgIpc) is 2.96. The van der Waals surface area contributed by atoms with Gasteiger partial charge in [-0.15, -0.1) is 0 Å². The molecule has 0 bridgehead atoms. The second kappa shape index (κ2) is 6.22. The van der Waals surface area contributed by atoms with Crippen LogP contribution in [-0.4, -0.2) is 27.4 Å². The Morgan fingerprint density at radius 1 is 1.48 bits per heavy atom. The summed E-state index contributed by atoms with van der Waals surface area (Å²) in [4.78, 5) is 19.9. The maximum atomic E-state index is 11.5. The fourth-order valence-corrected chi connectivity index (χ4v) is 2.51. The number of fused-ring (bicyclic) bond motifs is 1. The van der Waals surface area contributed by atoms with Crippen LogP contribution in [0, 0.1) is 0 Å². The Balaban J connectivity index is 0.00000110. The number of para-hydroxylation sites is 1. The molecule has 1 aromatic heterocycles. The van der Waals surface area contributed by atoms with E-state index in [-0.39, 0.29) is 20.9 Å². The van der Waals surface area contributed by atoms with Crippen LogP contribution in [0.1, 0.15) is 26.3 Å². The molecule has 0 amide bonds. The van der Waals surface area contributed by atoms with Crippen LogP contribution in [0.25, 0.3) is 10.9 Å². The number of hydrogen-bond donors (Lipinski definition) is 2. The number of nitrogens with zero attached hydrogens (tertiary/aromatic N) is 1. The van der Waals surface area contributed by atoms with E-state index in [0.717, 1.165) is 16.5 Å². The second-order valence-electron chi connectivity index (χ2n) is 4.93. The Morgan fingerprint density at radius 2 is 2.19 bits per heavy atom.